The van der Waals surface area contributed by atoms with Gasteiger partial charge in [-0.05, 0) is 12.0 Å². The number of aliphatic hydroxyl groups is 1. The van der Waals surface area contributed by atoms with Gasteiger partial charge in [0.15, 0.2) is 24.3 Å². The molecule has 3 aliphatic heterocycles. The summed E-state index contributed by atoms with van der Waals surface area (Å²) in [4.78, 5) is 28.4. The summed E-state index contributed by atoms with van der Waals surface area (Å²) in [6.45, 7) is 3.68. The lowest BCUT2D eigenvalue weighted by atomic mass is 10.1. The number of carbonyl (C=O) groups is 2. The molecule has 1 unspecified atom stereocenters. The quantitative estimate of drug-likeness (QED) is 0.435. The first-order chi connectivity index (χ1) is 12.4. The first kappa shape index (κ1) is 18.4. The van der Waals surface area contributed by atoms with Crippen molar-refractivity contribution in [3.05, 3.63) is 12.3 Å². The van der Waals surface area contributed by atoms with Gasteiger partial charge in [0.25, 0.3) is 0 Å². The molecule has 0 spiro atoms. The first-order valence-corrected chi connectivity index (χ1v) is 8.19. The number of aliphatic hydroxyl groups excluding tert-OH is 1. The highest BCUT2D eigenvalue weighted by Gasteiger charge is 2.57. The smallest absolute Gasteiger partial charge is 0.463 e. The molecule has 3 heterocycles. The second-order valence-corrected chi connectivity index (χ2v) is 6.50. The molecule has 0 aromatic rings. The Balaban J connectivity index is 1.67. The molecular formula is C15H21N3O8. The summed E-state index contributed by atoms with van der Waals surface area (Å²) in [6, 6.07) is 0. The van der Waals surface area contributed by atoms with Crippen LogP contribution in [0, 0.1) is 5.92 Å². The normalized spacial score (nSPS) is 32.8. The lowest BCUT2D eigenvalue weighted by Crippen LogP contribution is -2.47. The van der Waals surface area contributed by atoms with Gasteiger partial charge in [0.05, 0.1) is 0 Å². The molecule has 0 bridgehead atoms. The first-order valence-electron chi connectivity index (χ1n) is 8.19. The van der Waals surface area contributed by atoms with Crippen molar-refractivity contribution < 1.29 is 38.9 Å². The summed E-state index contributed by atoms with van der Waals surface area (Å²) in [6.07, 6.45) is -2.37. The minimum atomic E-state index is -1.37. The maximum Gasteiger partial charge on any atom is 0.509 e. The van der Waals surface area contributed by atoms with Gasteiger partial charge >= 0.3 is 12.1 Å². The maximum atomic E-state index is 11.7. The zero-order chi connectivity index (χ0) is 18.8. The molecule has 0 aliphatic carbocycles. The zero-order valence-corrected chi connectivity index (χ0v) is 14.3. The highest BCUT2D eigenvalue weighted by atomic mass is 16.8. The molecule has 0 radical (unpaired) electrons. The SMILES string of the molecule is CC(C)CC(=O)OC[C@H]1O[C@@H](N2C=CC(NO)=NC2O)[C@@H]2OC(=O)O[C@@H]21. The van der Waals surface area contributed by atoms with E-state index in [0.29, 0.717) is 0 Å². The van der Waals surface area contributed by atoms with Gasteiger partial charge in [0.2, 0.25) is 6.35 Å². The van der Waals surface area contributed by atoms with Crippen LogP contribution in [0.4, 0.5) is 4.79 Å². The third-order valence-electron chi connectivity index (χ3n) is 4.07. The van der Waals surface area contributed by atoms with Crippen molar-refractivity contribution in [2.75, 3.05) is 6.61 Å². The molecule has 3 aliphatic rings. The van der Waals surface area contributed by atoms with Crippen molar-refractivity contribution in [2.24, 2.45) is 10.9 Å². The second-order valence-electron chi connectivity index (χ2n) is 6.50. The molecule has 2 fully saturated rings. The molecule has 144 valence electrons. The van der Waals surface area contributed by atoms with Crippen LogP contribution in [-0.2, 0) is 23.7 Å². The molecular weight excluding hydrogens is 350 g/mol. The zero-order valence-electron chi connectivity index (χ0n) is 14.3. The summed E-state index contributed by atoms with van der Waals surface area (Å²) in [7, 11) is 0. The van der Waals surface area contributed by atoms with Crippen LogP contribution in [0.15, 0.2) is 17.3 Å². The van der Waals surface area contributed by atoms with Crippen molar-refractivity contribution in [2.45, 2.75) is 51.2 Å². The fourth-order valence-electron chi connectivity index (χ4n) is 2.92. The van der Waals surface area contributed by atoms with Gasteiger partial charge in [0.1, 0.15) is 12.7 Å². The van der Waals surface area contributed by atoms with E-state index >= 15 is 0 Å². The summed E-state index contributed by atoms with van der Waals surface area (Å²) in [5, 5.41) is 19.0. The van der Waals surface area contributed by atoms with E-state index in [2.05, 4.69) is 4.99 Å². The van der Waals surface area contributed by atoms with Crippen molar-refractivity contribution in [3.8, 4) is 0 Å². The Kier molecular flexibility index (Phi) is 5.30. The highest BCUT2D eigenvalue weighted by Crippen LogP contribution is 2.35. The number of ether oxygens (including phenoxy) is 4. The van der Waals surface area contributed by atoms with E-state index in [0.717, 1.165) is 0 Å². The molecule has 26 heavy (non-hydrogen) atoms. The van der Waals surface area contributed by atoms with Crippen LogP contribution < -0.4 is 5.48 Å². The fraction of sp³-hybridized carbons (Fsp3) is 0.667. The Hall–Kier alpha value is -2.37. The fourth-order valence-corrected chi connectivity index (χ4v) is 2.92. The van der Waals surface area contributed by atoms with E-state index in [4.69, 9.17) is 24.2 Å². The highest BCUT2D eigenvalue weighted by molar-refractivity contribution is 5.92. The topological polar surface area (TPSA) is 139 Å². The third kappa shape index (κ3) is 3.74. The van der Waals surface area contributed by atoms with Gasteiger partial charge in [-0.3, -0.25) is 15.5 Å². The number of nitrogens with one attached hydrogen (secondary N) is 1. The number of carbonyl (C=O) groups excluding carboxylic acids is 2. The minimum absolute atomic E-state index is 0.0575. The molecule has 3 N–H and O–H groups in total. The average Bonchev–Trinajstić information content (AvgIpc) is 3.10. The van der Waals surface area contributed by atoms with Gasteiger partial charge in [-0.15, -0.1) is 0 Å². The number of rotatable bonds is 5. The van der Waals surface area contributed by atoms with Crippen LogP contribution in [-0.4, -0.2) is 70.7 Å². The van der Waals surface area contributed by atoms with Crippen LogP contribution in [0.5, 0.6) is 0 Å². The van der Waals surface area contributed by atoms with Crippen molar-refractivity contribution in [3.63, 3.8) is 0 Å². The van der Waals surface area contributed by atoms with E-state index in [1.165, 1.54) is 17.2 Å². The Morgan fingerprint density at radius 1 is 1.42 bits per heavy atom. The maximum absolute atomic E-state index is 11.7. The van der Waals surface area contributed by atoms with Gasteiger partial charge in [0, 0.05) is 12.6 Å². The number of hydrogen-bond acceptors (Lipinski definition) is 11. The van der Waals surface area contributed by atoms with Crippen molar-refractivity contribution >= 4 is 18.0 Å². The predicted molar refractivity (Wildman–Crippen MR) is 83.6 cm³/mol. The van der Waals surface area contributed by atoms with Crippen LogP contribution in [0.2, 0.25) is 0 Å². The molecule has 3 rings (SSSR count). The monoisotopic (exact) mass is 371 g/mol. The number of hydroxylamine groups is 1. The molecule has 0 amide bonds. The van der Waals surface area contributed by atoms with E-state index in [1.807, 2.05) is 19.3 Å². The van der Waals surface area contributed by atoms with Crippen LogP contribution in [0.25, 0.3) is 0 Å². The van der Waals surface area contributed by atoms with E-state index in [9.17, 15) is 14.7 Å². The van der Waals surface area contributed by atoms with E-state index < -0.39 is 37.0 Å². The summed E-state index contributed by atoms with van der Waals surface area (Å²) < 4.78 is 21.2. The summed E-state index contributed by atoms with van der Waals surface area (Å²) >= 11 is 0. The van der Waals surface area contributed by atoms with Crippen molar-refractivity contribution in [1.29, 1.82) is 0 Å². The molecule has 0 aromatic heterocycles. The molecule has 11 heteroatoms. The Morgan fingerprint density at radius 3 is 2.81 bits per heavy atom. The number of amidine groups is 1. The number of aliphatic imine (C=N–C) groups is 1. The molecule has 0 aromatic carbocycles. The molecule has 0 saturated carbocycles. The Labute approximate surface area is 149 Å². The summed E-state index contributed by atoms with van der Waals surface area (Å²) in [5.41, 5.74) is 1.82. The average molecular weight is 371 g/mol. The van der Waals surface area contributed by atoms with E-state index in [1.54, 1.807) is 0 Å². The third-order valence-corrected chi connectivity index (χ3v) is 4.07. The van der Waals surface area contributed by atoms with Crippen LogP contribution in [0.3, 0.4) is 0 Å². The van der Waals surface area contributed by atoms with Gasteiger partial charge < -0.3 is 29.0 Å². The number of hydrogen-bond donors (Lipinski definition) is 3. The largest absolute Gasteiger partial charge is 0.509 e. The van der Waals surface area contributed by atoms with E-state index in [-0.39, 0.29) is 30.8 Å². The minimum Gasteiger partial charge on any atom is -0.463 e. The molecule has 11 nitrogen and oxygen atoms in total. The standard InChI is InChI=1S/C15H21N3O8/c1-7(2)5-10(19)23-6-8-11-12(26-15(21)25-11)13(24-8)18-4-3-9(17-22)16-14(18)20/h3-4,7-8,11-14,20,22H,5-6H2,1-2H3,(H,16,17)/t8-,11-,12-,13-,14?/m1/s1. The lowest BCUT2D eigenvalue weighted by molar-refractivity contribution is -0.158. The number of nitrogens with zero attached hydrogens (tertiary/aromatic N) is 2. The second kappa shape index (κ2) is 7.48. The lowest BCUT2D eigenvalue weighted by Gasteiger charge is -2.33. The summed E-state index contributed by atoms with van der Waals surface area (Å²) in [5.74, 6) is -0.168. The van der Waals surface area contributed by atoms with Crippen molar-refractivity contribution in [1.82, 2.24) is 10.4 Å². The van der Waals surface area contributed by atoms with Gasteiger partial charge in [-0.1, -0.05) is 13.8 Å². The predicted octanol–water partition coefficient (Wildman–Crippen LogP) is -0.313. The van der Waals surface area contributed by atoms with Crippen LogP contribution >= 0.6 is 0 Å². The Bertz CT molecular complexity index is 622. The van der Waals surface area contributed by atoms with Gasteiger partial charge in [-0.25, -0.2) is 9.79 Å². The Morgan fingerprint density at radius 2 is 2.15 bits per heavy atom. The van der Waals surface area contributed by atoms with Gasteiger partial charge in [-0.2, -0.15) is 0 Å². The van der Waals surface area contributed by atoms with Crippen LogP contribution in [0.1, 0.15) is 20.3 Å². The number of fused-ring (bicyclic) bond motifs is 1. The number of esters is 1. The molecule has 5 atom stereocenters. The molecule has 2 saturated heterocycles.